The molecule has 1 saturated heterocycles. The highest BCUT2D eigenvalue weighted by molar-refractivity contribution is 8.27. The Balaban J connectivity index is 1.95. The van der Waals surface area contributed by atoms with Crippen molar-refractivity contribution in [2.45, 2.75) is 0 Å². The van der Waals surface area contributed by atoms with Crippen molar-refractivity contribution in [3.05, 3.63) is 64.0 Å². The van der Waals surface area contributed by atoms with E-state index in [0.717, 1.165) is 0 Å². The summed E-state index contributed by atoms with van der Waals surface area (Å²) in [5.41, 5.74) is 1.11. The molecule has 2 heterocycles. The molecule has 3 rings (SSSR count). The monoisotopic (exact) mass is 350 g/mol. The van der Waals surface area contributed by atoms with Gasteiger partial charge in [-0.3, -0.25) is 14.7 Å². The van der Waals surface area contributed by atoms with Crippen LogP contribution in [0.5, 0.6) is 0 Å². The molecule has 7 heteroatoms. The third-order valence-electron chi connectivity index (χ3n) is 2.92. The number of carbonyl (C=O) groups excluding carboxylic acids is 1. The lowest BCUT2D eigenvalue weighted by molar-refractivity contribution is -0.113. The molecule has 1 aliphatic rings. The second kappa shape index (κ2) is 6.16. The van der Waals surface area contributed by atoms with E-state index in [-0.39, 0.29) is 10.9 Å². The van der Waals surface area contributed by atoms with Gasteiger partial charge in [0.1, 0.15) is 5.82 Å². The molecule has 22 heavy (non-hydrogen) atoms. The van der Waals surface area contributed by atoms with Crippen molar-refractivity contribution in [3.63, 3.8) is 0 Å². The normalized spacial score (nSPS) is 16.6. The van der Waals surface area contributed by atoms with E-state index >= 15 is 0 Å². The van der Waals surface area contributed by atoms with Gasteiger partial charge in [0, 0.05) is 6.20 Å². The maximum absolute atomic E-state index is 13.3. The van der Waals surface area contributed by atoms with Crippen LogP contribution in [0.2, 0.25) is 5.02 Å². The summed E-state index contributed by atoms with van der Waals surface area (Å²) in [6.07, 6.45) is 3.32. The standard InChI is InChI=1S/C15H8ClFN2OS2/c16-11-8-10(4-5-12(11)17)19-14(20)13(22-15(19)21)7-9-3-1-2-6-18-9/h1-8H. The second-order valence-electron chi connectivity index (χ2n) is 4.37. The summed E-state index contributed by atoms with van der Waals surface area (Å²) in [6, 6.07) is 9.48. The maximum Gasteiger partial charge on any atom is 0.270 e. The van der Waals surface area contributed by atoms with Gasteiger partial charge in [0.25, 0.3) is 5.91 Å². The molecule has 1 aromatic heterocycles. The molecule has 1 aromatic carbocycles. The van der Waals surface area contributed by atoms with Crippen LogP contribution in [0, 0.1) is 5.82 Å². The number of hydrogen-bond donors (Lipinski definition) is 0. The fourth-order valence-corrected chi connectivity index (χ4v) is 3.37. The minimum atomic E-state index is -0.542. The number of benzene rings is 1. The fourth-order valence-electron chi connectivity index (χ4n) is 1.91. The van der Waals surface area contributed by atoms with Crippen molar-refractivity contribution in [3.8, 4) is 0 Å². The van der Waals surface area contributed by atoms with Gasteiger partial charge in [-0.2, -0.15) is 0 Å². The fraction of sp³-hybridized carbons (Fsp3) is 0. The topological polar surface area (TPSA) is 33.2 Å². The molecule has 0 N–H and O–H groups in total. The van der Waals surface area contributed by atoms with Crippen LogP contribution in [-0.4, -0.2) is 15.2 Å². The molecular formula is C15H8ClFN2OS2. The van der Waals surface area contributed by atoms with Crippen molar-refractivity contribution in [2.24, 2.45) is 0 Å². The summed E-state index contributed by atoms with van der Waals surface area (Å²) in [6.45, 7) is 0. The van der Waals surface area contributed by atoms with E-state index in [2.05, 4.69) is 4.98 Å². The molecule has 0 radical (unpaired) electrons. The zero-order chi connectivity index (χ0) is 15.7. The van der Waals surface area contributed by atoms with E-state index in [0.29, 0.717) is 20.6 Å². The van der Waals surface area contributed by atoms with Gasteiger partial charge in [-0.05, 0) is 36.4 Å². The highest BCUT2D eigenvalue weighted by Crippen LogP contribution is 2.36. The first-order valence-corrected chi connectivity index (χ1v) is 7.80. The molecule has 110 valence electrons. The number of amides is 1. The van der Waals surface area contributed by atoms with Gasteiger partial charge < -0.3 is 0 Å². The Morgan fingerprint density at radius 3 is 2.82 bits per heavy atom. The van der Waals surface area contributed by atoms with Crippen LogP contribution in [0.15, 0.2) is 47.5 Å². The average Bonchev–Trinajstić information content (AvgIpc) is 2.78. The zero-order valence-electron chi connectivity index (χ0n) is 11.0. The lowest BCUT2D eigenvalue weighted by atomic mass is 10.2. The van der Waals surface area contributed by atoms with Crippen LogP contribution in [0.3, 0.4) is 0 Å². The molecule has 1 fully saturated rings. The van der Waals surface area contributed by atoms with Crippen LogP contribution in [0.4, 0.5) is 10.1 Å². The summed E-state index contributed by atoms with van der Waals surface area (Å²) in [5.74, 6) is -0.816. The van der Waals surface area contributed by atoms with E-state index < -0.39 is 5.82 Å². The molecule has 3 nitrogen and oxygen atoms in total. The molecule has 2 aromatic rings. The minimum absolute atomic E-state index is 0.0553. The summed E-state index contributed by atoms with van der Waals surface area (Å²) < 4.78 is 13.6. The van der Waals surface area contributed by atoms with Crippen molar-refractivity contribution >= 4 is 57.6 Å². The van der Waals surface area contributed by atoms with Gasteiger partial charge in [-0.1, -0.05) is 41.6 Å². The van der Waals surface area contributed by atoms with Crippen LogP contribution in [0.25, 0.3) is 6.08 Å². The third kappa shape index (κ3) is 2.90. The van der Waals surface area contributed by atoms with Gasteiger partial charge in [0.05, 0.1) is 21.3 Å². The van der Waals surface area contributed by atoms with Crippen LogP contribution in [0.1, 0.15) is 5.69 Å². The van der Waals surface area contributed by atoms with Crippen molar-refractivity contribution in [2.75, 3.05) is 4.90 Å². The number of aromatic nitrogens is 1. The number of halogens is 2. The molecule has 0 unspecified atom stereocenters. The second-order valence-corrected chi connectivity index (χ2v) is 6.45. The van der Waals surface area contributed by atoms with E-state index in [1.54, 1.807) is 24.4 Å². The maximum atomic E-state index is 13.3. The van der Waals surface area contributed by atoms with E-state index in [1.807, 2.05) is 6.07 Å². The van der Waals surface area contributed by atoms with Crippen molar-refractivity contribution in [1.29, 1.82) is 0 Å². The Bertz CT molecular complexity index is 795. The first kappa shape index (κ1) is 15.1. The Kier molecular flexibility index (Phi) is 4.24. The third-order valence-corrected chi connectivity index (χ3v) is 4.51. The van der Waals surface area contributed by atoms with Crippen LogP contribution < -0.4 is 4.90 Å². The van der Waals surface area contributed by atoms with Gasteiger partial charge in [-0.25, -0.2) is 4.39 Å². The number of thioether (sulfide) groups is 1. The van der Waals surface area contributed by atoms with E-state index in [9.17, 15) is 9.18 Å². The minimum Gasteiger partial charge on any atom is -0.268 e. The lowest BCUT2D eigenvalue weighted by Crippen LogP contribution is -2.27. The summed E-state index contributed by atoms with van der Waals surface area (Å²) >= 11 is 12.2. The number of hydrogen-bond acceptors (Lipinski definition) is 4. The highest BCUT2D eigenvalue weighted by Gasteiger charge is 2.33. The molecule has 0 spiro atoms. The van der Waals surface area contributed by atoms with Crippen LogP contribution >= 0.6 is 35.6 Å². The highest BCUT2D eigenvalue weighted by atomic mass is 35.5. The molecule has 0 aliphatic carbocycles. The average molecular weight is 351 g/mol. The summed E-state index contributed by atoms with van der Waals surface area (Å²) in [5, 5.41) is -0.0553. The first-order chi connectivity index (χ1) is 10.6. The number of nitrogens with zero attached hydrogens (tertiary/aromatic N) is 2. The molecule has 0 bridgehead atoms. The number of anilines is 1. The van der Waals surface area contributed by atoms with Gasteiger partial charge in [0.15, 0.2) is 4.32 Å². The molecule has 0 atom stereocenters. The number of carbonyl (C=O) groups is 1. The summed E-state index contributed by atoms with van der Waals surface area (Å²) in [4.78, 5) is 18.4. The quantitative estimate of drug-likeness (QED) is 0.598. The predicted molar refractivity (Wildman–Crippen MR) is 91.3 cm³/mol. The molecule has 1 aliphatic heterocycles. The van der Waals surface area contributed by atoms with Gasteiger partial charge in [-0.15, -0.1) is 0 Å². The predicted octanol–water partition coefficient (Wildman–Crippen LogP) is 4.28. The number of thiocarbonyl (C=S) groups is 1. The zero-order valence-corrected chi connectivity index (χ0v) is 13.4. The van der Waals surface area contributed by atoms with Gasteiger partial charge in [0.2, 0.25) is 0 Å². The largest absolute Gasteiger partial charge is 0.270 e. The van der Waals surface area contributed by atoms with E-state index in [4.69, 9.17) is 23.8 Å². The molecule has 1 amide bonds. The summed E-state index contributed by atoms with van der Waals surface area (Å²) in [7, 11) is 0. The van der Waals surface area contributed by atoms with Gasteiger partial charge >= 0.3 is 0 Å². The lowest BCUT2D eigenvalue weighted by Gasteiger charge is -2.14. The Morgan fingerprint density at radius 1 is 1.32 bits per heavy atom. The van der Waals surface area contributed by atoms with Crippen molar-refractivity contribution < 1.29 is 9.18 Å². The number of pyridine rings is 1. The SMILES string of the molecule is O=C1C(=Cc2ccccn2)SC(=S)N1c1ccc(F)c(Cl)c1. The van der Waals surface area contributed by atoms with Crippen LogP contribution in [-0.2, 0) is 4.79 Å². The molecular weight excluding hydrogens is 343 g/mol. The number of rotatable bonds is 2. The Hall–Kier alpha value is -1.76. The van der Waals surface area contributed by atoms with E-state index in [1.165, 1.54) is 34.9 Å². The Labute approximate surface area is 140 Å². The smallest absolute Gasteiger partial charge is 0.268 e. The molecule has 0 saturated carbocycles. The first-order valence-electron chi connectivity index (χ1n) is 6.20. The van der Waals surface area contributed by atoms with Crippen molar-refractivity contribution in [1.82, 2.24) is 4.98 Å². The Morgan fingerprint density at radius 2 is 2.14 bits per heavy atom.